The number of thiazole rings is 1. The number of amides is 1. The largest absolute Gasteiger partial charge is 0.379 e. The van der Waals surface area contributed by atoms with Gasteiger partial charge in [0.15, 0.2) is 4.96 Å². The Bertz CT molecular complexity index is 900. The number of carbonyl (C=O) groups excluding carboxylic acids is 1. The summed E-state index contributed by atoms with van der Waals surface area (Å²) in [6.07, 6.45) is 2.86. The first-order valence-electron chi connectivity index (χ1n) is 8.60. The summed E-state index contributed by atoms with van der Waals surface area (Å²) >= 11 is 1.35. The molecule has 0 aliphatic heterocycles. The Hall–Kier alpha value is -2.25. The monoisotopic (exact) mass is 375 g/mol. The fraction of sp³-hybridized carbons (Fsp3) is 0.368. The van der Waals surface area contributed by atoms with E-state index in [1.807, 2.05) is 31.4 Å². The topological polar surface area (TPSA) is 55.6 Å². The van der Waals surface area contributed by atoms with Crippen molar-refractivity contribution in [3.05, 3.63) is 46.9 Å². The van der Waals surface area contributed by atoms with Crippen LogP contribution in [0.5, 0.6) is 0 Å². The van der Waals surface area contributed by atoms with Crippen molar-refractivity contribution in [1.29, 1.82) is 0 Å². The van der Waals surface area contributed by atoms with Gasteiger partial charge >= 0.3 is 0 Å². The van der Waals surface area contributed by atoms with E-state index < -0.39 is 0 Å². The Morgan fingerprint density at radius 2 is 2.08 bits per heavy atom. The van der Waals surface area contributed by atoms with Gasteiger partial charge in [-0.1, -0.05) is 11.3 Å². The molecule has 138 valence electrons. The molecule has 5 nitrogen and oxygen atoms in total. The lowest BCUT2D eigenvalue weighted by atomic mass is 10.2. The van der Waals surface area contributed by atoms with E-state index in [4.69, 9.17) is 4.74 Å². The third kappa shape index (κ3) is 4.11. The predicted octanol–water partition coefficient (Wildman–Crippen LogP) is 4.06. The molecule has 0 radical (unpaired) electrons. The van der Waals surface area contributed by atoms with Crippen molar-refractivity contribution in [3.8, 4) is 11.3 Å². The van der Waals surface area contributed by atoms with Crippen LogP contribution in [0.25, 0.3) is 16.2 Å². The van der Waals surface area contributed by atoms with Crippen LogP contribution in [0.4, 0.5) is 4.39 Å². The average Bonchev–Trinajstić information content (AvgIpc) is 3.14. The van der Waals surface area contributed by atoms with Crippen molar-refractivity contribution in [2.75, 3.05) is 13.2 Å². The zero-order valence-corrected chi connectivity index (χ0v) is 15.9. The lowest BCUT2D eigenvalue weighted by molar-refractivity contribution is 0.0757. The van der Waals surface area contributed by atoms with Gasteiger partial charge in [-0.25, -0.2) is 9.37 Å². The molecule has 1 aromatic carbocycles. The Kier molecular flexibility index (Phi) is 5.68. The van der Waals surface area contributed by atoms with Gasteiger partial charge in [0.05, 0.1) is 11.8 Å². The zero-order chi connectivity index (χ0) is 18.7. The van der Waals surface area contributed by atoms with Gasteiger partial charge < -0.3 is 10.1 Å². The van der Waals surface area contributed by atoms with Crippen LogP contribution in [0, 0.1) is 12.7 Å². The van der Waals surface area contributed by atoms with Gasteiger partial charge in [0.1, 0.15) is 10.7 Å². The van der Waals surface area contributed by atoms with E-state index in [1.165, 1.54) is 23.5 Å². The summed E-state index contributed by atoms with van der Waals surface area (Å²) in [6, 6.07) is 6.23. The molecule has 0 saturated heterocycles. The van der Waals surface area contributed by atoms with Crippen molar-refractivity contribution in [1.82, 2.24) is 14.7 Å². The van der Waals surface area contributed by atoms with E-state index in [1.54, 1.807) is 12.1 Å². The molecule has 0 saturated carbocycles. The van der Waals surface area contributed by atoms with Crippen LogP contribution >= 0.6 is 11.3 Å². The number of ether oxygens (including phenoxy) is 1. The van der Waals surface area contributed by atoms with Gasteiger partial charge in [0.2, 0.25) is 0 Å². The van der Waals surface area contributed by atoms with Crippen molar-refractivity contribution in [2.24, 2.45) is 0 Å². The van der Waals surface area contributed by atoms with Gasteiger partial charge in [-0.2, -0.15) is 0 Å². The predicted molar refractivity (Wildman–Crippen MR) is 101 cm³/mol. The van der Waals surface area contributed by atoms with E-state index in [9.17, 15) is 9.18 Å². The molecule has 0 atom stereocenters. The minimum Gasteiger partial charge on any atom is -0.379 e. The number of halogens is 1. The third-order valence-corrected chi connectivity index (χ3v) is 5.12. The molecule has 26 heavy (non-hydrogen) atoms. The summed E-state index contributed by atoms with van der Waals surface area (Å²) in [5, 5.41) is 2.93. The smallest absolute Gasteiger partial charge is 0.263 e. The number of hydrogen-bond donors (Lipinski definition) is 1. The highest BCUT2D eigenvalue weighted by Gasteiger charge is 2.17. The Morgan fingerprint density at radius 3 is 2.73 bits per heavy atom. The van der Waals surface area contributed by atoms with Gasteiger partial charge in [-0.05, 0) is 51.5 Å². The SMILES string of the molecule is Cc1c(C(=O)NCCCOC(C)C)sc2nc(-c3ccc(F)cc3)cn12. The number of rotatable bonds is 7. The summed E-state index contributed by atoms with van der Waals surface area (Å²) < 4.78 is 20.4. The Labute approximate surface area is 155 Å². The molecule has 0 bridgehead atoms. The van der Waals surface area contributed by atoms with Crippen LogP contribution in [0.15, 0.2) is 30.5 Å². The zero-order valence-electron chi connectivity index (χ0n) is 15.1. The molecule has 1 N–H and O–H groups in total. The number of nitrogens with zero attached hydrogens (tertiary/aromatic N) is 2. The van der Waals surface area contributed by atoms with Crippen molar-refractivity contribution >= 4 is 22.2 Å². The normalized spacial score (nSPS) is 11.4. The van der Waals surface area contributed by atoms with Crippen LogP contribution in [0.1, 0.15) is 35.6 Å². The molecule has 1 amide bonds. The van der Waals surface area contributed by atoms with E-state index in [-0.39, 0.29) is 17.8 Å². The van der Waals surface area contributed by atoms with Crippen molar-refractivity contribution in [2.45, 2.75) is 33.3 Å². The van der Waals surface area contributed by atoms with Crippen LogP contribution < -0.4 is 5.32 Å². The lowest BCUT2D eigenvalue weighted by Crippen LogP contribution is -2.25. The minimum atomic E-state index is -0.274. The highest BCUT2D eigenvalue weighted by Crippen LogP contribution is 2.27. The molecule has 2 aromatic heterocycles. The van der Waals surface area contributed by atoms with Crippen molar-refractivity contribution < 1.29 is 13.9 Å². The molecule has 0 spiro atoms. The molecule has 3 rings (SSSR count). The summed E-state index contributed by atoms with van der Waals surface area (Å²) in [4.78, 5) is 18.4. The number of imidazole rings is 1. The summed E-state index contributed by atoms with van der Waals surface area (Å²) in [5.41, 5.74) is 2.46. The Morgan fingerprint density at radius 1 is 1.35 bits per heavy atom. The molecule has 0 aliphatic rings. The first kappa shape index (κ1) is 18.5. The van der Waals surface area contributed by atoms with Crippen molar-refractivity contribution in [3.63, 3.8) is 0 Å². The standard InChI is InChI=1S/C19H22FN3O2S/c1-12(2)25-10-4-9-21-18(24)17-13(3)23-11-16(22-19(23)26-17)14-5-7-15(20)8-6-14/h5-8,11-12H,4,9-10H2,1-3H3,(H,21,24). The number of aromatic nitrogens is 2. The minimum absolute atomic E-state index is 0.0918. The van der Waals surface area contributed by atoms with Crippen LogP contribution in [0.3, 0.4) is 0 Å². The molecule has 0 fully saturated rings. The summed E-state index contributed by atoms with van der Waals surface area (Å²) in [7, 11) is 0. The van der Waals surface area contributed by atoms with E-state index in [2.05, 4.69) is 10.3 Å². The second-order valence-electron chi connectivity index (χ2n) is 6.33. The summed E-state index contributed by atoms with van der Waals surface area (Å²) in [6.45, 7) is 7.08. The maximum Gasteiger partial charge on any atom is 0.263 e. The molecule has 3 aromatic rings. The number of aryl methyl sites for hydroxylation is 1. The highest BCUT2D eigenvalue weighted by atomic mass is 32.1. The first-order valence-corrected chi connectivity index (χ1v) is 9.41. The van der Waals surface area contributed by atoms with E-state index >= 15 is 0 Å². The van der Waals surface area contributed by atoms with Gasteiger partial charge in [0, 0.05) is 30.6 Å². The molecule has 0 unspecified atom stereocenters. The van der Waals surface area contributed by atoms with Crippen LogP contribution in [0.2, 0.25) is 0 Å². The first-order chi connectivity index (χ1) is 12.5. The van der Waals surface area contributed by atoms with Gasteiger partial charge in [0.25, 0.3) is 5.91 Å². The van der Waals surface area contributed by atoms with E-state index in [0.29, 0.717) is 18.0 Å². The molecule has 7 heteroatoms. The van der Waals surface area contributed by atoms with E-state index in [0.717, 1.165) is 28.3 Å². The number of hydrogen-bond acceptors (Lipinski definition) is 4. The van der Waals surface area contributed by atoms with Crippen LogP contribution in [-0.2, 0) is 4.74 Å². The fourth-order valence-electron chi connectivity index (χ4n) is 2.59. The number of fused-ring (bicyclic) bond motifs is 1. The maximum absolute atomic E-state index is 13.1. The Balaban J connectivity index is 1.69. The number of benzene rings is 1. The number of nitrogens with one attached hydrogen (secondary N) is 1. The van der Waals surface area contributed by atoms with Crippen LogP contribution in [-0.4, -0.2) is 34.5 Å². The summed E-state index contributed by atoms with van der Waals surface area (Å²) in [5.74, 6) is -0.366. The number of carbonyl (C=O) groups is 1. The molecular weight excluding hydrogens is 353 g/mol. The fourth-order valence-corrected chi connectivity index (χ4v) is 3.62. The molecular formula is C19H22FN3O2S. The maximum atomic E-state index is 13.1. The third-order valence-electron chi connectivity index (χ3n) is 3.96. The highest BCUT2D eigenvalue weighted by molar-refractivity contribution is 7.19. The average molecular weight is 375 g/mol. The molecule has 2 heterocycles. The van der Waals surface area contributed by atoms with Gasteiger partial charge in [-0.3, -0.25) is 9.20 Å². The molecule has 0 aliphatic carbocycles. The quantitative estimate of drug-likeness (QED) is 0.634. The van der Waals surface area contributed by atoms with Gasteiger partial charge in [-0.15, -0.1) is 0 Å². The second kappa shape index (κ2) is 7.97. The lowest BCUT2D eigenvalue weighted by Gasteiger charge is -2.08. The second-order valence-corrected chi connectivity index (χ2v) is 7.31.